The van der Waals surface area contributed by atoms with E-state index in [9.17, 15) is 9.18 Å². The molecule has 152 valence electrons. The van der Waals surface area contributed by atoms with E-state index < -0.39 is 5.41 Å². The number of esters is 1. The number of halogens is 1. The summed E-state index contributed by atoms with van der Waals surface area (Å²) in [4.78, 5) is 17.4. The van der Waals surface area contributed by atoms with Gasteiger partial charge in [-0.05, 0) is 43.4 Å². The molecular formula is C24H26FNO3. The lowest BCUT2D eigenvalue weighted by atomic mass is 9.76. The van der Waals surface area contributed by atoms with Crippen molar-refractivity contribution in [2.45, 2.75) is 39.0 Å². The highest BCUT2D eigenvalue weighted by atomic mass is 19.1. The second-order valence-electron chi connectivity index (χ2n) is 6.94. The van der Waals surface area contributed by atoms with Crippen LogP contribution in [0.15, 0.2) is 48.5 Å². The fourth-order valence-electron chi connectivity index (χ4n) is 3.81. The zero-order valence-electron chi connectivity index (χ0n) is 17.3. The number of nitrogens with zero attached hydrogens (tertiary/aromatic N) is 1. The Hall–Kier alpha value is -2.95. The summed E-state index contributed by atoms with van der Waals surface area (Å²) in [6.45, 7) is 6.03. The highest BCUT2D eigenvalue weighted by Crippen LogP contribution is 2.39. The molecule has 1 aromatic heterocycles. The van der Waals surface area contributed by atoms with Crippen molar-refractivity contribution in [2.75, 3.05) is 13.7 Å². The number of fused-ring (bicyclic) bond motifs is 1. The topological polar surface area (TPSA) is 48.4 Å². The van der Waals surface area contributed by atoms with Crippen molar-refractivity contribution in [3.8, 4) is 17.1 Å². The third kappa shape index (κ3) is 3.69. The smallest absolute Gasteiger partial charge is 0.316 e. The molecule has 0 atom stereocenters. The molecule has 5 heteroatoms. The monoisotopic (exact) mass is 395 g/mol. The number of carbonyl (C=O) groups is 1. The number of hydrogen-bond acceptors (Lipinski definition) is 4. The number of ether oxygens (including phenoxy) is 2. The first-order chi connectivity index (χ1) is 14.0. The predicted octanol–water partition coefficient (Wildman–Crippen LogP) is 5.67. The standard InChI is InChI=1S/C24H26FNO3/c1-5-24(6-2,23(27)29-7-3)19-13-14-21(26-22(19)28-4)17-12-11-16-9-8-10-20(25)18(16)15-17/h8-15H,5-7H2,1-4H3. The molecular weight excluding hydrogens is 369 g/mol. The Balaban J connectivity index is 2.11. The van der Waals surface area contributed by atoms with Gasteiger partial charge in [0.25, 0.3) is 0 Å². The molecule has 1 heterocycles. The summed E-state index contributed by atoms with van der Waals surface area (Å²) in [5.41, 5.74) is 1.32. The second-order valence-corrected chi connectivity index (χ2v) is 6.94. The van der Waals surface area contributed by atoms with Crippen molar-refractivity contribution < 1.29 is 18.7 Å². The van der Waals surface area contributed by atoms with Crippen LogP contribution in [0, 0.1) is 5.82 Å². The van der Waals surface area contributed by atoms with Crippen molar-refractivity contribution in [2.24, 2.45) is 0 Å². The van der Waals surface area contributed by atoms with E-state index in [2.05, 4.69) is 4.98 Å². The molecule has 0 aliphatic heterocycles. The molecule has 3 aromatic rings. The number of aromatic nitrogens is 1. The maximum Gasteiger partial charge on any atom is 0.316 e. The van der Waals surface area contributed by atoms with E-state index in [0.29, 0.717) is 42.0 Å². The molecule has 0 radical (unpaired) electrons. The first kappa shape index (κ1) is 20.8. The largest absolute Gasteiger partial charge is 0.481 e. The molecule has 0 spiro atoms. The van der Waals surface area contributed by atoms with Crippen molar-refractivity contribution >= 4 is 16.7 Å². The van der Waals surface area contributed by atoms with Gasteiger partial charge in [-0.1, -0.05) is 44.2 Å². The van der Waals surface area contributed by atoms with Crippen LogP contribution in [0.1, 0.15) is 39.2 Å². The van der Waals surface area contributed by atoms with Gasteiger partial charge in [-0.2, -0.15) is 0 Å². The highest BCUT2D eigenvalue weighted by molar-refractivity contribution is 5.88. The zero-order valence-corrected chi connectivity index (χ0v) is 17.3. The lowest BCUT2D eigenvalue weighted by Crippen LogP contribution is -2.37. The van der Waals surface area contributed by atoms with Crippen LogP contribution in [0.4, 0.5) is 4.39 Å². The summed E-state index contributed by atoms with van der Waals surface area (Å²) in [6.07, 6.45) is 1.14. The minimum atomic E-state index is -0.817. The summed E-state index contributed by atoms with van der Waals surface area (Å²) in [5.74, 6) is -0.162. The number of rotatable bonds is 7. The maximum atomic E-state index is 14.2. The van der Waals surface area contributed by atoms with Gasteiger partial charge in [0.05, 0.1) is 24.8 Å². The first-order valence-corrected chi connectivity index (χ1v) is 9.92. The van der Waals surface area contributed by atoms with E-state index in [-0.39, 0.29) is 11.8 Å². The van der Waals surface area contributed by atoms with Gasteiger partial charge in [0.1, 0.15) is 5.82 Å². The Labute approximate surface area is 170 Å². The van der Waals surface area contributed by atoms with Gasteiger partial charge in [-0.25, -0.2) is 9.37 Å². The number of pyridine rings is 1. The molecule has 29 heavy (non-hydrogen) atoms. The van der Waals surface area contributed by atoms with Crippen LogP contribution in [0.3, 0.4) is 0 Å². The van der Waals surface area contributed by atoms with Gasteiger partial charge in [0.2, 0.25) is 5.88 Å². The van der Waals surface area contributed by atoms with E-state index in [1.165, 1.54) is 13.2 Å². The highest BCUT2D eigenvalue weighted by Gasteiger charge is 2.41. The van der Waals surface area contributed by atoms with Crippen molar-refractivity contribution in [3.05, 3.63) is 59.9 Å². The third-order valence-corrected chi connectivity index (χ3v) is 5.57. The number of carbonyl (C=O) groups excluding carboxylic acids is 1. The van der Waals surface area contributed by atoms with Crippen molar-refractivity contribution in [1.29, 1.82) is 0 Å². The van der Waals surface area contributed by atoms with Crippen LogP contribution in [0.25, 0.3) is 22.0 Å². The molecule has 0 aliphatic carbocycles. The summed E-state index contributed by atoms with van der Waals surface area (Å²) in [5, 5.41) is 1.37. The van der Waals surface area contributed by atoms with Crippen molar-refractivity contribution in [1.82, 2.24) is 4.98 Å². The third-order valence-electron chi connectivity index (χ3n) is 5.57. The molecule has 0 amide bonds. The summed E-state index contributed by atoms with van der Waals surface area (Å²) < 4.78 is 25.1. The fraction of sp³-hybridized carbons (Fsp3) is 0.333. The lowest BCUT2D eigenvalue weighted by molar-refractivity contribution is -0.150. The average molecular weight is 395 g/mol. The molecule has 0 aliphatic rings. The van der Waals surface area contributed by atoms with E-state index >= 15 is 0 Å². The van der Waals surface area contributed by atoms with E-state index in [1.807, 2.05) is 44.2 Å². The van der Waals surface area contributed by atoms with E-state index in [0.717, 1.165) is 10.9 Å². The SMILES string of the molecule is CCOC(=O)C(CC)(CC)c1ccc(-c2ccc3cccc(F)c3c2)nc1OC. The zero-order chi connectivity index (χ0) is 21.0. The molecule has 0 fully saturated rings. The van der Waals surface area contributed by atoms with Crippen LogP contribution < -0.4 is 4.74 Å². The van der Waals surface area contributed by atoms with Gasteiger partial charge in [-0.15, -0.1) is 0 Å². The molecule has 0 unspecified atom stereocenters. The van der Waals surface area contributed by atoms with Gasteiger partial charge in [0, 0.05) is 16.5 Å². The van der Waals surface area contributed by atoms with Gasteiger partial charge in [-0.3, -0.25) is 4.79 Å². The summed E-state index contributed by atoms with van der Waals surface area (Å²) in [7, 11) is 1.54. The molecule has 0 saturated carbocycles. The second kappa shape index (κ2) is 8.60. The summed E-state index contributed by atoms with van der Waals surface area (Å²) >= 11 is 0. The Morgan fingerprint density at radius 1 is 1.07 bits per heavy atom. The Kier molecular flexibility index (Phi) is 6.16. The van der Waals surface area contributed by atoms with Gasteiger partial charge >= 0.3 is 5.97 Å². The maximum absolute atomic E-state index is 14.2. The minimum Gasteiger partial charge on any atom is -0.481 e. The Bertz CT molecular complexity index is 1030. The predicted molar refractivity (Wildman–Crippen MR) is 113 cm³/mol. The average Bonchev–Trinajstić information content (AvgIpc) is 2.75. The number of hydrogen-bond donors (Lipinski definition) is 0. The molecule has 0 bridgehead atoms. The Morgan fingerprint density at radius 3 is 2.48 bits per heavy atom. The van der Waals surface area contributed by atoms with Crippen LogP contribution in [-0.2, 0) is 14.9 Å². The number of methoxy groups -OCH3 is 1. The molecule has 2 aromatic carbocycles. The minimum absolute atomic E-state index is 0.272. The molecule has 0 N–H and O–H groups in total. The lowest BCUT2D eigenvalue weighted by Gasteiger charge is -2.30. The molecule has 0 saturated heterocycles. The van der Waals surface area contributed by atoms with Crippen LogP contribution in [-0.4, -0.2) is 24.7 Å². The molecule has 4 nitrogen and oxygen atoms in total. The Morgan fingerprint density at radius 2 is 1.83 bits per heavy atom. The van der Waals surface area contributed by atoms with Crippen LogP contribution in [0.5, 0.6) is 5.88 Å². The van der Waals surface area contributed by atoms with E-state index in [4.69, 9.17) is 9.47 Å². The summed E-state index contributed by atoms with van der Waals surface area (Å²) in [6, 6.07) is 14.3. The van der Waals surface area contributed by atoms with Crippen LogP contribution in [0.2, 0.25) is 0 Å². The quantitative estimate of drug-likeness (QED) is 0.484. The fourth-order valence-corrected chi connectivity index (χ4v) is 3.81. The van der Waals surface area contributed by atoms with Crippen molar-refractivity contribution in [3.63, 3.8) is 0 Å². The first-order valence-electron chi connectivity index (χ1n) is 9.92. The molecule has 3 rings (SSSR count). The normalized spacial score (nSPS) is 11.5. The van der Waals surface area contributed by atoms with E-state index in [1.54, 1.807) is 19.1 Å². The number of benzene rings is 2. The van der Waals surface area contributed by atoms with Crippen LogP contribution >= 0.6 is 0 Å². The van der Waals surface area contributed by atoms with Gasteiger partial charge < -0.3 is 9.47 Å². The van der Waals surface area contributed by atoms with Gasteiger partial charge in [0.15, 0.2) is 0 Å².